The maximum atomic E-state index is 10.3. The molecule has 0 spiro atoms. The van der Waals surface area contributed by atoms with Gasteiger partial charge in [0, 0.05) is 25.4 Å². The second kappa shape index (κ2) is 5.20. The Bertz CT molecular complexity index is 843. The SMILES string of the molecule is Cc1cc(N2C[C@@H](O)[C@H](Oc3cnn(C)c3)C2)n2ncnc2n1. The number of aromatic nitrogens is 6. The predicted molar refractivity (Wildman–Crippen MR) is 81.4 cm³/mol. The molecule has 1 N–H and O–H groups in total. The maximum Gasteiger partial charge on any atom is 0.254 e. The van der Waals surface area contributed by atoms with Gasteiger partial charge in [-0.05, 0) is 6.92 Å². The number of hydrogen-bond donors (Lipinski definition) is 1. The number of aliphatic hydroxyl groups excluding tert-OH is 1. The first-order valence-corrected chi connectivity index (χ1v) is 7.36. The van der Waals surface area contributed by atoms with Crippen molar-refractivity contribution in [3.8, 4) is 5.75 Å². The number of hydrogen-bond acceptors (Lipinski definition) is 7. The van der Waals surface area contributed by atoms with E-state index >= 15 is 0 Å². The van der Waals surface area contributed by atoms with E-state index in [1.54, 1.807) is 21.6 Å². The molecular weight excluding hydrogens is 298 g/mol. The first kappa shape index (κ1) is 13.9. The average Bonchev–Trinajstić information content (AvgIpc) is 3.20. The lowest BCUT2D eigenvalue weighted by molar-refractivity contribution is 0.0737. The Balaban J connectivity index is 1.59. The summed E-state index contributed by atoms with van der Waals surface area (Å²) in [7, 11) is 1.82. The Hall–Kier alpha value is -2.68. The molecule has 1 aliphatic rings. The van der Waals surface area contributed by atoms with Crippen LogP contribution in [-0.2, 0) is 7.05 Å². The van der Waals surface area contributed by atoms with Crippen molar-refractivity contribution in [2.45, 2.75) is 19.1 Å². The Kier molecular flexibility index (Phi) is 3.15. The highest BCUT2D eigenvalue weighted by molar-refractivity contribution is 5.48. The zero-order chi connectivity index (χ0) is 16.0. The molecule has 0 bridgehead atoms. The summed E-state index contributed by atoms with van der Waals surface area (Å²) in [6, 6.07) is 1.93. The Morgan fingerprint density at radius 3 is 2.96 bits per heavy atom. The summed E-state index contributed by atoms with van der Waals surface area (Å²) < 4.78 is 9.19. The van der Waals surface area contributed by atoms with Crippen LogP contribution in [0.4, 0.5) is 5.82 Å². The lowest BCUT2D eigenvalue weighted by atomic mass is 10.3. The molecule has 0 aliphatic carbocycles. The van der Waals surface area contributed by atoms with Crippen LogP contribution in [0.15, 0.2) is 24.8 Å². The normalized spacial score (nSPS) is 21.3. The molecule has 0 amide bonds. The first-order valence-electron chi connectivity index (χ1n) is 7.36. The summed E-state index contributed by atoms with van der Waals surface area (Å²) >= 11 is 0. The molecule has 1 saturated heterocycles. The topological polar surface area (TPSA) is 93.6 Å². The number of rotatable bonds is 3. The smallest absolute Gasteiger partial charge is 0.254 e. The minimum absolute atomic E-state index is 0.328. The number of β-amino-alcohol motifs (C(OH)–C–C–N with tert-alkyl or cyclic N) is 1. The van der Waals surface area contributed by atoms with Crippen LogP contribution >= 0.6 is 0 Å². The van der Waals surface area contributed by atoms with Crippen LogP contribution in [-0.4, -0.2) is 59.8 Å². The third-order valence-corrected chi connectivity index (χ3v) is 3.89. The van der Waals surface area contributed by atoms with Gasteiger partial charge < -0.3 is 14.7 Å². The summed E-state index contributed by atoms with van der Waals surface area (Å²) in [4.78, 5) is 10.5. The number of nitrogens with zero attached hydrogens (tertiary/aromatic N) is 7. The van der Waals surface area contributed by atoms with Crippen LogP contribution < -0.4 is 9.64 Å². The van der Waals surface area contributed by atoms with E-state index < -0.39 is 6.10 Å². The summed E-state index contributed by atoms with van der Waals surface area (Å²) in [5, 5.41) is 18.6. The molecular formula is C14H17N7O2. The van der Waals surface area contributed by atoms with Gasteiger partial charge in [0.25, 0.3) is 5.78 Å². The molecule has 0 radical (unpaired) electrons. The van der Waals surface area contributed by atoms with E-state index in [9.17, 15) is 5.11 Å². The molecule has 23 heavy (non-hydrogen) atoms. The molecule has 1 fully saturated rings. The fourth-order valence-corrected chi connectivity index (χ4v) is 2.83. The van der Waals surface area contributed by atoms with E-state index in [2.05, 4.69) is 20.2 Å². The van der Waals surface area contributed by atoms with Crippen molar-refractivity contribution in [1.29, 1.82) is 0 Å². The van der Waals surface area contributed by atoms with Crippen LogP contribution in [0.1, 0.15) is 5.69 Å². The van der Waals surface area contributed by atoms with Gasteiger partial charge in [-0.3, -0.25) is 4.68 Å². The molecule has 0 unspecified atom stereocenters. The maximum absolute atomic E-state index is 10.3. The molecule has 2 atom stereocenters. The number of aryl methyl sites for hydroxylation is 2. The lowest BCUT2D eigenvalue weighted by Gasteiger charge is -2.19. The molecule has 120 valence electrons. The Morgan fingerprint density at radius 1 is 1.30 bits per heavy atom. The highest BCUT2D eigenvalue weighted by Gasteiger charge is 2.34. The minimum Gasteiger partial charge on any atom is -0.482 e. The van der Waals surface area contributed by atoms with Gasteiger partial charge in [0.15, 0.2) is 5.75 Å². The molecule has 4 rings (SSSR count). The Morgan fingerprint density at radius 2 is 2.17 bits per heavy atom. The van der Waals surface area contributed by atoms with Crippen molar-refractivity contribution in [3.05, 3.63) is 30.5 Å². The number of aliphatic hydroxyl groups is 1. The quantitative estimate of drug-likeness (QED) is 0.715. The molecule has 4 heterocycles. The molecule has 3 aromatic heterocycles. The van der Waals surface area contributed by atoms with Crippen LogP contribution in [0.25, 0.3) is 5.78 Å². The van der Waals surface area contributed by atoms with Crippen molar-refractivity contribution in [2.24, 2.45) is 7.05 Å². The molecule has 9 heteroatoms. The zero-order valence-corrected chi connectivity index (χ0v) is 12.9. The van der Waals surface area contributed by atoms with E-state index in [0.29, 0.717) is 24.6 Å². The fourth-order valence-electron chi connectivity index (χ4n) is 2.83. The highest BCUT2D eigenvalue weighted by Crippen LogP contribution is 2.24. The summed E-state index contributed by atoms with van der Waals surface area (Å²) in [6.07, 6.45) is 3.97. The second-order valence-electron chi connectivity index (χ2n) is 5.71. The van der Waals surface area contributed by atoms with Gasteiger partial charge in [0.2, 0.25) is 0 Å². The number of fused-ring (bicyclic) bond motifs is 1. The highest BCUT2D eigenvalue weighted by atomic mass is 16.5. The van der Waals surface area contributed by atoms with Crippen LogP contribution in [0.3, 0.4) is 0 Å². The molecule has 1 aliphatic heterocycles. The fraction of sp³-hybridized carbons (Fsp3) is 0.429. The van der Waals surface area contributed by atoms with Crippen LogP contribution in [0.5, 0.6) is 5.75 Å². The summed E-state index contributed by atoms with van der Waals surface area (Å²) in [6.45, 7) is 2.92. The standard InChI is InChI=1S/C14H17N7O2/c1-9-3-13(21-14(18-9)15-8-17-21)20-6-11(22)12(7-20)23-10-4-16-19(2)5-10/h3-5,8,11-12,22H,6-7H2,1-2H3/t11-,12-/m1/s1. The molecule has 9 nitrogen and oxygen atoms in total. The van der Waals surface area contributed by atoms with E-state index in [0.717, 1.165) is 11.5 Å². The second-order valence-corrected chi connectivity index (χ2v) is 5.71. The van der Waals surface area contributed by atoms with Crippen molar-refractivity contribution in [2.75, 3.05) is 18.0 Å². The first-order chi connectivity index (χ1) is 11.1. The largest absolute Gasteiger partial charge is 0.482 e. The minimum atomic E-state index is -0.595. The van der Waals surface area contributed by atoms with E-state index in [1.165, 1.54) is 6.33 Å². The van der Waals surface area contributed by atoms with Crippen molar-refractivity contribution < 1.29 is 9.84 Å². The van der Waals surface area contributed by atoms with Crippen LogP contribution in [0, 0.1) is 6.92 Å². The molecule has 0 saturated carbocycles. The van der Waals surface area contributed by atoms with Gasteiger partial charge >= 0.3 is 0 Å². The summed E-state index contributed by atoms with van der Waals surface area (Å²) in [5.74, 6) is 2.04. The molecule has 0 aromatic carbocycles. The predicted octanol–water partition coefficient (Wildman–Crippen LogP) is -0.205. The van der Waals surface area contributed by atoms with E-state index in [4.69, 9.17) is 4.74 Å². The molecule has 3 aromatic rings. The van der Waals surface area contributed by atoms with E-state index in [-0.39, 0.29) is 6.10 Å². The monoisotopic (exact) mass is 315 g/mol. The third kappa shape index (κ3) is 2.48. The zero-order valence-electron chi connectivity index (χ0n) is 12.9. The Labute approximate surface area is 132 Å². The van der Waals surface area contributed by atoms with Gasteiger partial charge in [0.1, 0.15) is 24.4 Å². The van der Waals surface area contributed by atoms with Gasteiger partial charge in [-0.2, -0.15) is 19.7 Å². The number of anilines is 1. The van der Waals surface area contributed by atoms with Gasteiger partial charge in [0.05, 0.1) is 18.9 Å². The summed E-state index contributed by atoms with van der Waals surface area (Å²) in [5.41, 5.74) is 0.853. The van der Waals surface area contributed by atoms with Crippen molar-refractivity contribution in [1.82, 2.24) is 29.4 Å². The van der Waals surface area contributed by atoms with Crippen molar-refractivity contribution >= 4 is 11.6 Å². The van der Waals surface area contributed by atoms with E-state index in [1.807, 2.05) is 24.9 Å². The lowest BCUT2D eigenvalue weighted by Crippen LogP contribution is -2.30. The average molecular weight is 315 g/mol. The van der Waals surface area contributed by atoms with Gasteiger partial charge in [-0.25, -0.2) is 4.98 Å². The van der Waals surface area contributed by atoms with Crippen molar-refractivity contribution in [3.63, 3.8) is 0 Å². The number of ether oxygens (including phenoxy) is 1. The van der Waals surface area contributed by atoms with Gasteiger partial charge in [-0.15, -0.1) is 0 Å². The van der Waals surface area contributed by atoms with Gasteiger partial charge in [-0.1, -0.05) is 0 Å². The third-order valence-electron chi connectivity index (χ3n) is 3.89. The van der Waals surface area contributed by atoms with Crippen LogP contribution in [0.2, 0.25) is 0 Å².